The fourth-order valence-corrected chi connectivity index (χ4v) is 3.27. The number of piperidine rings is 1. The number of fused-ring (bicyclic) bond motifs is 1. The molecule has 1 fully saturated rings. The van der Waals surface area contributed by atoms with Gasteiger partial charge in [0.05, 0.1) is 18.2 Å². The number of carbonyl (C=O) groups is 1. The number of ketones is 1. The third kappa shape index (κ3) is 3.24. The predicted octanol–water partition coefficient (Wildman–Crippen LogP) is 3.54. The van der Waals surface area contributed by atoms with Gasteiger partial charge in [0.2, 0.25) is 0 Å². The van der Waals surface area contributed by atoms with Crippen molar-refractivity contribution in [3.63, 3.8) is 0 Å². The van der Waals surface area contributed by atoms with E-state index in [4.69, 9.17) is 4.74 Å². The minimum Gasteiger partial charge on any atom is -0.493 e. The average molecular weight is 310 g/mol. The SMILES string of the molecule is Cc1cc2c(cc1C)C(=O)C(N1CCCCC1)CCO2.Cl. The molecule has 3 rings (SSSR count). The van der Waals surface area contributed by atoms with Crippen molar-refractivity contribution in [1.82, 2.24) is 4.90 Å². The van der Waals surface area contributed by atoms with Crippen LogP contribution in [0.15, 0.2) is 12.1 Å². The molecule has 0 spiro atoms. The number of ether oxygens (including phenoxy) is 1. The van der Waals surface area contributed by atoms with E-state index in [9.17, 15) is 4.79 Å². The van der Waals surface area contributed by atoms with Gasteiger partial charge in [-0.3, -0.25) is 9.69 Å². The Morgan fingerprint density at radius 1 is 1.10 bits per heavy atom. The first-order valence-corrected chi connectivity index (χ1v) is 7.69. The third-order valence-corrected chi connectivity index (χ3v) is 4.64. The lowest BCUT2D eigenvalue weighted by Gasteiger charge is -2.32. The van der Waals surface area contributed by atoms with E-state index < -0.39 is 0 Å². The van der Waals surface area contributed by atoms with Crippen LogP contribution in [-0.4, -0.2) is 36.4 Å². The first-order valence-electron chi connectivity index (χ1n) is 7.69. The van der Waals surface area contributed by atoms with Crippen molar-refractivity contribution in [3.8, 4) is 5.75 Å². The molecule has 1 aromatic carbocycles. The van der Waals surface area contributed by atoms with Gasteiger partial charge in [0.15, 0.2) is 5.78 Å². The van der Waals surface area contributed by atoms with Gasteiger partial charge in [-0.15, -0.1) is 12.4 Å². The van der Waals surface area contributed by atoms with Crippen molar-refractivity contribution in [1.29, 1.82) is 0 Å². The maximum atomic E-state index is 12.9. The Kier molecular flexibility index (Phi) is 5.28. The standard InChI is InChI=1S/C17H23NO2.ClH/c1-12-10-14-16(11-13(12)2)20-9-6-15(17(14)19)18-7-4-3-5-8-18;/h10-11,15H,3-9H2,1-2H3;1H. The zero-order chi connectivity index (χ0) is 14.1. The Balaban J connectivity index is 0.00000161. The summed E-state index contributed by atoms with van der Waals surface area (Å²) in [6, 6.07) is 4.04. The van der Waals surface area contributed by atoms with Crippen LogP contribution in [0.4, 0.5) is 0 Å². The van der Waals surface area contributed by atoms with Crippen LogP contribution in [0.3, 0.4) is 0 Å². The summed E-state index contributed by atoms with van der Waals surface area (Å²) in [5.74, 6) is 1.03. The summed E-state index contributed by atoms with van der Waals surface area (Å²) in [5, 5.41) is 0. The molecule has 0 radical (unpaired) electrons. The second-order valence-electron chi connectivity index (χ2n) is 6.05. The van der Waals surface area contributed by atoms with Gasteiger partial charge in [-0.2, -0.15) is 0 Å². The molecule has 116 valence electrons. The zero-order valence-corrected chi connectivity index (χ0v) is 13.7. The summed E-state index contributed by atoms with van der Waals surface area (Å²) in [7, 11) is 0. The molecule has 0 aromatic heterocycles. The smallest absolute Gasteiger partial charge is 0.183 e. The van der Waals surface area contributed by atoms with Gasteiger partial charge in [0.1, 0.15) is 5.75 Å². The molecule has 1 aromatic rings. The van der Waals surface area contributed by atoms with Crippen molar-refractivity contribution < 1.29 is 9.53 Å². The van der Waals surface area contributed by atoms with Gasteiger partial charge < -0.3 is 4.74 Å². The molecule has 2 aliphatic rings. The van der Waals surface area contributed by atoms with Crippen molar-refractivity contribution in [3.05, 3.63) is 28.8 Å². The van der Waals surface area contributed by atoms with Gasteiger partial charge in [-0.1, -0.05) is 6.42 Å². The molecule has 4 heteroatoms. The molecular formula is C17H24ClNO2. The molecule has 2 heterocycles. The topological polar surface area (TPSA) is 29.5 Å². The summed E-state index contributed by atoms with van der Waals surface area (Å²) >= 11 is 0. The molecule has 0 saturated carbocycles. The number of Topliss-reactive ketones (excluding diaryl/α,β-unsaturated/α-hetero) is 1. The Hall–Kier alpha value is -1.06. The summed E-state index contributed by atoms with van der Waals surface area (Å²) in [5.41, 5.74) is 3.13. The number of hydrogen-bond donors (Lipinski definition) is 0. The maximum absolute atomic E-state index is 12.9. The van der Waals surface area contributed by atoms with Crippen molar-refractivity contribution >= 4 is 18.2 Å². The fraction of sp³-hybridized carbons (Fsp3) is 0.588. The number of nitrogens with zero attached hydrogens (tertiary/aromatic N) is 1. The quantitative estimate of drug-likeness (QED) is 0.794. The Bertz CT molecular complexity index is 524. The summed E-state index contributed by atoms with van der Waals surface area (Å²) < 4.78 is 5.83. The van der Waals surface area contributed by atoms with Crippen LogP contribution >= 0.6 is 12.4 Å². The van der Waals surface area contributed by atoms with E-state index in [0.717, 1.165) is 30.8 Å². The van der Waals surface area contributed by atoms with E-state index in [-0.39, 0.29) is 24.2 Å². The van der Waals surface area contributed by atoms with Crippen molar-refractivity contribution in [2.75, 3.05) is 19.7 Å². The monoisotopic (exact) mass is 309 g/mol. The molecule has 0 N–H and O–H groups in total. The van der Waals surface area contributed by atoms with Crippen LogP contribution in [0.2, 0.25) is 0 Å². The van der Waals surface area contributed by atoms with Gasteiger partial charge in [-0.25, -0.2) is 0 Å². The molecule has 1 atom stereocenters. The zero-order valence-electron chi connectivity index (χ0n) is 12.9. The number of hydrogen-bond acceptors (Lipinski definition) is 3. The highest BCUT2D eigenvalue weighted by atomic mass is 35.5. The number of benzene rings is 1. The molecular weight excluding hydrogens is 286 g/mol. The van der Waals surface area contributed by atoms with Gasteiger partial charge >= 0.3 is 0 Å². The lowest BCUT2D eigenvalue weighted by atomic mass is 9.96. The summed E-state index contributed by atoms with van der Waals surface area (Å²) in [4.78, 5) is 15.2. The molecule has 0 amide bonds. The lowest BCUT2D eigenvalue weighted by molar-refractivity contribution is 0.0765. The lowest BCUT2D eigenvalue weighted by Crippen LogP contribution is -2.44. The van der Waals surface area contributed by atoms with E-state index >= 15 is 0 Å². The van der Waals surface area contributed by atoms with E-state index in [1.165, 1.54) is 30.4 Å². The predicted molar refractivity (Wildman–Crippen MR) is 86.8 cm³/mol. The first kappa shape index (κ1) is 16.3. The number of likely N-dealkylation sites (tertiary alicyclic amines) is 1. The Morgan fingerprint density at radius 3 is 2.48 bits per heavy atom. The first-order chi connectivity index (χ1) is 9.66. The molecule has 1 saturated heterocycles. The highest BCUT2D eigenvalue weighted by Crippen LogP contribution is 2.30. The van der Waals surface area contributed by atoms with Crippen molar-refractivity contribution in [2.24, 2.45) is 0 Å². The van der Waals surface area contributed by atoms with Crippen LogP contribution in [0, 0.1) is 13.8 Å². The number of aryl methyl sites for hydroxylation is 2. The summed E-state index contributed by atoms with van der Waals surface area (Å²) in [6.45, 7) is 6.87. The van der Waals surface area contributed by atoms with Crippen molar-refractivity contribution in [2.45, 2.75) is 45.6 Å². The molecule has 21 heavy (non-hydrogen) atoms. The van der Waals surface area contributed by atoms with Crippen LogP contribution in [0.1, 0.15) is 47.2 Å². The van der Waals surface area contributed by atoms with Gasteiger partial charge in [0.25, 0.3) is 0 Å². The second kappa shape index (κ2) is 6.80. The molecule has 1 unspecified atom stereocenters. The molecule has 2 aliphatic heterocycles. The maximum Gasteiger partial charge on any atom is 0.183 e. The Morgan fingerprint density at radius 2 is 1.76 bits per heavy atom. The van der Waals surface area contributed by atoms with Gasteiger partial charge in [0, 0.05) is 6.42 Å². The Labute approximate surface area is 133 Å². The molecule has 3 nitrogen and oxygen atoms in total. The third-order valence-electron chi connectivity index (χ3n) is 4.64. The number of carbonyl (C=O) groups excluding carboxylic acids is 1. The molecule has 0 aliphatic carbocycles. The average Bonchev–Trinajstić information content (AvgIpc) is 2.61. The van der Waals surface area contributed by atoms with E-state index in [1.54, 1.807) is 0 Å². The van der Waals surface area contributed by atoms with E-state index in [1.807, 2.05) is 12.1 Å². The minimum absolute atomic E-state index is 0. The normalized spacial score (nSPS) is 22.8. The van der Waals surface area contributed by atoms with Crippen LogP contribution in [0.5, 0.6) is 5.75 Å². The highest BCUT2D eigenvalue weighted by molar-refractivity contribution is 6.03. The van der Waals surface area contributed by atoms with E-state index in [0.29, 0.717) is 6.61 Å². The number of halogens is 1. The van der Waals surface area contributed by atoms with Crippen LogP contribution in [-0.2, 0) is 0 Å². The fourth-order valence-electron chi connectivity index (χ4n) is 3.27. The van der Waals surface area contributed by atoms with E-state index in [2.05, 4.69) is 18.7 Å². The molecule has 0 bridgehead atoms. The van der Waals surface area contributed by atoms with Crippen LogP contribution < -0.4 is 4.74 Å². The van der Waals surface area contributed by atoms with Crippen LogP contribution in [0.25, 0.3) is 0 Å². The number of rotatable bonds is 1. The minimum atomic E-state index is 0. The second-order valence-corrected chi connectivity index (χ2v) is 6.05. The highest BCUT2D eigenvalue weighted by Gasteiger charge is 2.32. The summed E-state index contributed by atoms with van der Waals surface area (Å²) in [6.07, 6.45) is 4.53. The largest absolute Gasteiger partial charge is 0.493 e. The van der Waals surface area contributed by atoms with Gasteiger partial charge in [-0.05, 0) is 63.0 Å².